The lowest BCUT2D eigenvalue weighted by Gasteiger charge is -2.38. The van der Waals surface area contributed by atoms with Crippen molar-refractivity contribution in [1.82, 2.24) is 9.55 Å². The maximum Gasteiger partial charge on any atom is 0.351 e. The molecule has 3 N–H and O–H groups in total. The van der Waals surface area contributed by atoms with Crippen LogP contribution in [0.1, 0.15) is 41.8 Å². The summed E-state index contributed by atoms with van der Waals surface area (Å²) < 4.78 is 18.1. The van der Waals surface area contributed by atoms with Crippen molar-refractivity contribution in [2.75, 3.05) is 26.1 Å². The van der Waals surface area contributed by atoms with E-state index in [1.807, 2.05) is 78.9 Å². The van der Waals surface area contributed by atoms with Crippen LogP contribution in [0.15, 0.2) is 89.9 Å². The van der Waals surface area contributed by atoms with Crippen LogP contribution in [0.25, 0.3) is 0 Å². The van der Waals surface area contributed by atoms with Crippen molar-refractivity contribution in [3.8, 4) is 11.5 Å². The number of ether oxygens (including phenoxy) is 3. The molecule has 2 heterocycles. The summed E-state index contributed by atoms with van der Waals surface area (Å²) in [6, 6.07) is 24.8. The third kappa shape index (κ3) is 5.27. The van der Waals surface area contributed by atoms with Gasteiger partial charge in [-0.2, -0.15) is 4.98 Å². The van der Waals surface area contributed by atoms with E-state index in [1.165, 1.54) is 11.5 Å². The van der Waals surface area contributed by atoms with Gasteiger partial charge >= 0.3 is 5.69 Å². The highest BCUT2D eigenvalue weighted by Crippen LogP contribution is 2.48. The Bertz CT molecular complexity index is 1540. The summed E-state index contributed by atoms with van der Waals surface area (Å²) in [4.78, 5) is 30.2. The fourth-order valence-corrected chi connectivity index (χ4v) is 5.60. The fourth-order valence-electron chi connectivity index (χ4n) is 5.60. The normalized spacial score (nSPS) is 18.5. The molecule has 1 saturated heterocycles. The first kappa shape index (κ1) is 29.0. The molecule has 5 rings (SSSR count). The minimum absolute atomic E-state index is 0.0785. The van der Waals surface area contributed by atoms with Gasteiger partial charge in [-0.1, -0.05) is 54.6 Å². The molecule has 4 aromatic rings. The highest BCUT2D eigenvalue weighted by atomic mass is 16.5. The molecule has 0 saturated carbocycles. The smallest absolute Gasteiger partial charge is 0.351 e. The maximum atomic E-state index is 13.4. The Kier molecular flexibility index (Phi) is 8.39. The summed E-state index contributed by atoms with van der Waals surface area (Å²) in [6.07, 6.45) is -0.994. The predicted molar refractivity (Wildman–Crippen MR) is 156 cm³/mol. The SMILES string of the molecule is COc1ccc(C(c2ccccc2)(c2ccc(OC)cc2)c2cn([C@H]3C[C@H](O)[C@@H](CO)O3)c(=O)nc2NC(C)=O)cc1. The number of aliphatic hydroxyl groups is 2. The number of hydrogen-bond acceptors (Lipinski definition) is 8. The van der Waals surface area contributed by atoms with Crippen molar-refractivity contribution in [1.29, 1.82) is 0 Å². The van der Waals surface area contributed by atoms with Gasteiger partial charge in [-0.25, -0.2) is 4.79 Å². The van der Waals surface area contributed by atoms with E-state index >= 15 is 0 Å². The highest BCUT2D eigenvalue weighted by Gasteiger charge is 2.43. The standard InChI is InChI=1S/C32H33N3O7/c1-20(37)33-30-26(18-35(31(39)34-30)29-17-27(38)28(19-36)42-29)32(21-7-5-4-6-8-21,22-9-13-24(40-2)14-10-22)23-11-15-25(41-3)16-12-23/h4-16,18,27-29,36,38H,17,19H2,1-3H3,(H,33,34,37,39)/t27-,28+,29+/m0/s1. The Morgan fingerprint density at radius 2 is 1.52 bits per heavy atom. The number of methoxy groups -OCH3 is 2. The van der Waals surface area contributed by atoms with Gasteiger partial charge in [0.2, 0.25) is 5.91 Å². The molecule has 3 aromatic carbocycles. The molecule has 0 spiro atoms. The number of aromatic nitrogens is 2. The van der Waals surface area contributed by atoms with Crippen LogP contribution in [-0.4, -0.2) is 58.7 Å². The minimum atomic E-state index is -1.12. The molecule has 218 valence electrons. The molecule has 10 heteroatoms. The Balaban J connectivity index is 1.89. The number of aliphatic hydroxyl groups excluding tert-OH is 2. The lowest BCUT2D eigenvalue weighted by Crippen LogP contribution is -2.37. The van der Waals surface area contributed by atoms with Crippen molar-refractivity contribution in [2.24, 2.45) is 0 Å². The van der Waals surface area contributed by atoms with E-state index in [4.69, 9.17) is 14.2 Å². The lowest BCUT2D eigenvalue weighted by molar-refractivity contribution is -0.114. The lowest BCUT2D eigenvalue weighted by atomic mass is 9.65. The van der Waals surface area contributed by atoms with Gasteiger partial charge in [-0.05, 0) is 41.0 Å². The van der Waals surface area contributed by atoms with Crippen LogP contribution in [-0.2, 0) is 14.9 Å². The molecule has 1 aromatic heterocycles. The first-order valence-corrected chi connectivity index (χ1v) is 13.5. The van der Waals surface area contributed by atoms with Crippen LogP contribution < -0.4 is 20.5 Å². The third-order valence-corrected chi connectivity index (χ3v) is 7.60. The molecule has 1 amide bonds. The molecular weight excluding hydrogens is 538 g/mol. The van der Waals surface area contributed by atoms with Gasteiger partial charge < -0.3 is 29.7 Å². The van der Waals surface area contributed by atoms with Gasteiger partial charge in [0, 0.05) is 25.1 Å². The van der Waals surface area contributed by atoms with Crippen molar-refractivity contribution in [2.45, 2.75) is 37.2 Å². The second kappa shape index (κ2) is 12.2. The highest BCUT2D eigenvalue weighted by molar-refractivity contribution is 5.89. The van der Waals surface area contributed by atoms with Crippen molar-refractivity contribution in [3.63, 3.8) is 0 Å². The third-order valence-electron chi connectivity index (χ3n) is 7.60. The van der Waals surface area contributed by atoms with Crippen LogP contribution in [0, 0.1) is 0 Å². The molecule has 0 bridgehead atoms. The molecule has 10 nitrogen and oxygen atoms in total. The Morgan fingerprint density at radius 1 is 0.976 bits per heavy atom. The van der Waals surface area contributed by atoms with Gasteiger partial charge in [-0.3, -0.25) is 9.36 Å². The topological polar surface area (TPSA) is 132 Å². The summed E-state index contributed by atoms with van der Waals surface area (Å²) in [5.41, 5.74) is 1.14. The number of carbonyl (C=O) groups is 1. The van der Waals surface area contributed by atoms with E-state index in [9.17, 15) is 19.8 Å². The number of hydrogen-bond donors (Lipinski definition) is 3. The van der Waals surface area contributed by atoms with Crippen LogP contribution >= 0.6 is 0 Å². The first-order valence-electron chi connectivity index (χ1n) is 13.5. The molecule has 1 fully saturated rings. The number of nitrogens with one attached hydrogen (secondary N) is 1. The Morgan fingerprint density at radius 3 is 2.00 bits per heavy atom. The van der Waals surface area contributed by atoms with Crippen molar-refractivity contribution in [3.05, 3.63) is 118 Å². The zero-order chi connectivity index (χ0) is 29.9. The van der Waals surface area contributed by atoms with E-state index in [1.54, 1.807) is 20.4 Å². The molecule has 0 aliphatic carbocycles. The number of rotatable bonds is 9. The Hall–Kier alpha value is -4.51. The zero-order valence-electron chi connectivity index (χ0n) is 23.6. The monoisotopic (exact) mass is 571 g/mol. The molecule has 0 radical (unpaired) electrons. The van der Waals surface area contributed by atoms with E-state index < -0.39 is 42.1 Å². The minimum Gasteiger partial charge on any atom is -0.497 e. The molecule has 1 aliphatic heterocycles. The fraction of sp³-hybridized carbons (Fsp3) is 0.281. The second-order valence-electron chi connectivity index (χ2n) is 10.1. The molecule has 3 atom stereocenters. The number of carbonyl (C=O) groups excluding carboxylic acids is 1. The van der Waals surface area contributed by atoms with Gasteiger partial charge in [0.1, 0.15) is 29.6 Å². The summed E-state index contributed by atoms with van der Waals surface area (Å²) in [6.45, 7) is 0.951. The van der Waals surface area contributed by atoms with Gasteiger partial charge in [0.05, 0.1) is 32.3 Å². The molecule has 1 aliphatic rings. The van der Waals surface area contributed by atoms with Crippen molar-refractivity contribution < 1.29 is 29.2 Å². The first-order chi connectivity index (χ1) is 20.3. The largest absolute Gasteiger partial charge is 0.497 e. The predicted octanol–water partition coefficient (Wildman–Crippen LogP) is 3.24. The van der Waals surface area contributed by atoms with E-state index in [2.05, 4.69) is 10.3 Å². The van der Waals surface area contributed by atoms with Gasteiger partial charge in [-0.15, -0.1) is 0 Å². The maximum absolute atomic E-state index is 13.4. The Labute approximate surface area is 243 Å². The van der Waals surface area contributed by atoms with E-state index in [-0.39, 0.29) is 12.2 Å². The van der Waals surface area contributed by atoms with Gasteiger partial charge in [0.15, 0.2) is 0 Å². The number of benzene rings is 3. The van der Waals surface area contributed by atoms with Crippen LogP contribution in [0.3, 0.4) is 0 Å². The van der Waals surface area contributed by atoms with Crippen LogP contribution in [0.5, 0.6) is 11.5 Å². The average molecular weight is 572 g/mol. The molecular formula is C32H33N3O7. The summed E-state index contributed by atoms with van der Waals surface area (Å²) in [5, 5.41) is 22.9. The molecule has 42 heavy (non-hydrogen) atoms. The van der Waals surface area contributed by atoms with Crippen LogP contribution in [0.2, 0.25) is 0 Å². The van der Waals surface area contributed by atoms with E-state index in [0.29, 0.717) is 17.1 Å². The van der Waals surface area contributed by atoms with Gasteiger partial charge in [0.25, 0.3) is 0 Å². The van der Waals surface area contributed by atoms with Crippen LogP contribution in [0.4, 0.5) is 5.82 Å². The van der Waals surface area contributed by atoms with Crippen molar-refractivity contribution >= 4 is 11.7 Å². The van der Waals surface area contributed by atoms with E-state index in [0.717, 1.165) is 16.7 Å². The number of anilines is 1. The molecule has 0 unspecified atom stereocenters. The zero-order valence-corrected chi connectivity index (χ0v) is 23.6. The number of nitrogens with zero attached hydrogens (tertiary/aromatic N) is 2. The summed E-state index contributed by atoms with van der Waals surface area (Å²) in [5.74, 6) is 0.990. The summed E-state index contributed by atoms with van der Waals surface area (Å²) in [7, 11) is 3.18. The quantitative estimate of drug-likeness (QED) is 0.261. The number of amides is 1. The average Bonchev–Trinajstić information content (AvgIpc) is 3.39. The second-order valence-corrected chi connectivity index (χ2v) is 10.1. The summed E-state index contributed by atoms with van der Waals surface area (Å²) >= 11 is 0.